The summed E-state index contributed by atoms with van der Waals surface area (Å²) in [7, 11) is 0. The van der Waals surface area contributed by atoms with Crippen LogP contribution in [0.15, 0.2) is 0 Å². The van der Waals surface area contributed by atoms with Gasteiger partial charge < -0.3 is 40.1 Å². The van der Waals surface area contributed by atoms with E-state index >= 15 is 0 Å². The van der Waals surface area contributed by atoms with Gasteiger partial charge in [-0.15, -0.1) is 0 Å². The van der Waals surface area contributed by atoms with Gasteiger partial charge in [-0.1, -0.05) is 103 Å². The zero-order valence-corrected chi connectivity index (χ0v) is 27.8. The van der Waals surface area contributed by atoms with Crippen molar-refractivity contribution in [2.24, 2.45) is 0 Å². The van der Waals surface area contributed by atoms with E-state index in [0.717, 1.165) is 57.8 Å². The zero-order chi connectivity index (χ0) is 32.4. The normalized spacial score (nSPS) is 28.2. The molecule has 0 spiro atoms. The van der Waals surface area contributed by atoms with Gasteiger partial charge in [-0.25, -0.2) is 4.79 Å². The van der Waals surface area contributed by atoms with E-state index in [1.54, 1.807) is 0 Å². The van der Waals surface area contributed by atoms with Crippen LogP contribution in [0.5, 0.6) is 0 Å². The highest BCUT2D eigenvalue weighted by Gasteiger charge is 2.55. The fraction of sp³-hybridized carbons (Fsp3) is 0.971. The summed E-state index contributed by atoms with van der Waals surface area (Å²) in [5, 5.41) is 62.2. The van der Waals surface area contributed by atoms with Gasteiger partial charge in [0.05, 0.1) is 36.6 Å². The van der Waals surface area contributed by atoms with Gasteiger partial charge in [-0.3, -0.25) is 0 Å². The van der Waals surface area contributed by atoms with Crippen molar-refractivity contribution in [1.29, 1.82) is 0 Å². The van der Waals surface area contributed by atoms with Crippen molar-refractivity contribution in [3.63, 3.8) is 0 Å². The summed E-state index contributed by atoms with van der Waals surface area (Å²) in [6.07, 6.45) is 16.3. The Morgan fingerprint density at radius 2 is 1.09 bits per heavy atom. The van der Waals surface area contributed by atoms with Gasteiger partial charge in [0.1, 0.15) is 12.2 Å². The minimum atomic E-state index is -2.05. The molecule has 9 heteroatoms. The van der Waals surface area contributed by atoms with Crippen molar-refractivity contribution in [2.75, 3.05) is 0 Å². The molecule has 260 valence electrons. The molecule has 0 aromatic rings. The summed E-state index contributed by atoms with van der Waals surface area (Å²) in [5.74, 6) is -0.888. The highest BCUT2D eigenvalue weighted by molar-refractivity contribution is 5.82. The SMILES string of the molecule is CCCCCCCCCCCC[C@H](O)[C@@H]1CC[C@@H]([C@@H](O)CCCC[C@@H](O)CCCCC[C@@H](O)CC2(O)C(=O)O[C@@H](C)C2O)O1. The first-order valence-corrected chi connectivity index (χ1v) is 18.1. The molecule has 2 unspecified atom stereocenters. The first-order chi connectivity index (χ1) is 21.1. The molecule has 0 aromatic carbocycles. The maximum atomic E-state index is 11.8. The lowest BCUT2D eigenvalue weighted by atomic mass is 9.88. The average molecular weight is 631 g/mol. The maximum Gasteiger partial charge on any atom is 0.341 e. The van der Waals surface area contributed by atoms with Crippen molar-refractivity contribution < 1.29 is 44.9 Å². The number of cyclic esters (lactones) is 1. The molecule has 2 saturated heterocycles. The van der Waals surface area contributed by atoms with E-state index in [-0.39, 0.29) is 18.6 Å². The molecule has 0 aromatic heterocycles. The molecule has 9 nitrogen and oxygen atoms in total. The summed E-state index contributed by atoms with van der Waals surface area (Å²) in [4.78, 5) is 11.8. The lowest BCUT2D eigenvalue weighted by Gasteiger charge is -2.25. The number of hydrogen-bond acceptors (Lipinski definition) is 9. The Morgan fingerprint density at radius 3 is 1.59 bits per heavy atom. The molecule has 2 aliphatic heterocycles. The molecule has 0 saturated carbocycles. The molecule has 2 aliphatic rings. The Morgan fingerprint density at radius 1 is 0.682 bits per heavy atom. The maximum absolute atomic E-state index is 11.8. The molecule has 9 atom stereocenters. The van der Waals surface area contributed by atoms with E-state index in [9.17, 15) is 35.4 Å². The van der Waals surface area contributed by atoms with E-state index in [2.05, 4.69) is 6.92 Å². The van der Waals surface area contributed by atoms with E-state index in [1.807, 2.05) is 0 Å². The minimum Gasteiger partial charge on any atom is -0.458 e. The van der Waals surface area contributed by atoms with Crippen LogP contribution in [0.2, 0.25) is 0 Å². The number of unbranched alkanes of at least 4 members (excludes halogenated alkanes) is 12. The first-order valence-electron chi connectivity index (χ1n) is 18.1. The zero-order valence-electron chi connectivity index (χ0n) is 27.8. The molecule has 44 heavy (non-hydrogen) atoms. The monoisotopic (exact) mass is 630 g/mol. The van der Waals surface area contributed by atoms with Crippen LogP contribution in [0.3, 0.4) is 0 Å². The Bertz CT molecular complexity index is 752. The summed E-state index contributed by atoms with van der Waals surface area (Å²) in [6.45, 7) is 3.75. The largest absolute Gasteiger partial charge is 0.458 e. The van der Waals surface area contributed by atoms with E-state index < -0.39 is 48.2 Å². The number of hydrogen-bond donors (Lipinski definition) is 6. The summed E-state index contributed by atoms with van der Waals surface area (Å²) in [6, 6.07) is 0. The smallest absolute Gasteiger partial charge is 0.341 e. The first kappa shape index (κ1) is 39.4. The van der Waals surface area contributed by atoms with Gasteiger partial charge in [0, 0.05) is 6.42 Å². The Hall–Kier alpha value is -0.810. The summed E-state index contributed by atoms with van der Waals surface area (Å²) >= 11 is 0. The summed E-state index contributed by atoms with van der Waals surface area (Å²) in [5.41, 5.74) is -2.05. The fourth-order valence-corrected chi connectivity index (χ4v) is 6.79. The predicted molar refractivity (Wildman–Crippen MR) is 171 cm³/mol. The van der Waals surface area contributed by atoms with Crippen LogP contribution in [0.1, 0.15) is 162 Å². The topological polar surface area (TPSA) is 157 Å². The molecule has 2 heterocycles. The Kier molecular flexibility index (Phi) is 19.6. The Labute approximate surface area is 266 Å². The molecular formula is C35H66O9. The van der Waals surface area contributed by atoms with Crippen LogP contribution in [0.4, 0.5) is 0 Å². The van der Waals surface area contributed by atoms with Crippen LogP contribution in [-0.4, -0.2) is 91.0 Å². The van der Waals surface area contributed by atoms with Crippen LogP contribution in [0.25, 0.3) is 0 Å². The van der Waals surface area contributed by atoms with Gasteiger partial charge in [-0.05, 0) is 51.9 Å². The van der Waals surface area contributed by atoms with E-state index in [4.69, 9.17) is 9.47 Å². The second-order valence-electron chi connectivity index (χ2n) is 13.8. The Balaban J connectivity index is 1.44. The fourth-order valence-electron chi connectivity index (χ4n) is 6.79. The van der Waals surface area contributed by atoms with E-state index in [1.165, 1.54) is 58.3 Å². The molecule has 0 bridgehead atoms. The predicted octanol–water partition coefficient (Wildman–Crippen LogP) is 5.23. The van der Waals surface area contributed by atoms with Gasteiger partial charge >= 0.3 is 5.97 Å². The van der Waals surface area contributed by atoms with Crippen molar-refractivity contribution in [2.45, 2.75) is 216 Å². The number of aliphatic hydroxyl groups is 6. The number of carbonyl (C=O) groups excluding carboxylic acids is 1. The molecule has 0 amide bonds. The number of rotatable bonds is 26. The second-order valence-corrected chi connectivity index (χ2v) is 13.8. The quantitative estimate of drug-likeness (QED) is 0.0557. The van der Waals surface area contributed by atoms with Gasteiger partial charge in [0.15, 0.2) is 5.60 Å². The lowest BCUT2D eigenvalue weighted by molar-refractivity contribution is -0.160. The van der Waals surface area contributed by atoms with E-state index in [0.29, 0.717) is 32.1 Å². The van der Waals surface area contributed by atoms with Crippen molar-refractivity contribution in [3.8, 4) is 0 Å². The van der Waals surface area contributed by atoms with Crippen LogP contribution in [-0.2, 0) is 14.3 Å². The van der Waals surface area contributed by atoms with Crippen molar-refractivity contribution >= 4 is 5.97 Å². The highest BCUT2D eigenvalue weighted by atomic mass is 16.6. The lowest BCUT2D eigenvalue weighted by Crippen LogP contribution is -2.48. The average Bonchev–Trinajstić information content (AvgIpc) is 3.56. The standard InChI is InChI=1S/C35H66O9/c1-3-4-5-6-7-8-9-10-11-15-21-29(38)31-23-24-32(44-31)30(39)22-17-16-19-27(36)18-13-12-14-20-28(37)25-35(42)33(40)26(2)43-34(35)41/h26-33,36-40,42H,3-25H2,1-2H3/t26-,27-,28+,29-,30-,31-,32-,33?,35?/m0/s1. The van der Waals surface area contributed by atoms with Crippen LogP contribution < -0.4 is 0 Å². The second kappa shape index (κ2) is 21.9. The number of carbonyl (C=O) groups is 1. The van der Waals surface area contributed by atoms with Gasteiger partial charge in [0.2, 0.25) is 0 Å². The third-order valence-electron chi connectivity index (χ3n) is 9.79. The molecule has 0 radical (unpaired) electrons. The van der Waals surface area contributed by atoms with Gasteiger partial charge in [-0.2, -0.15) is 0 Å². The van der Waals surface area contributed by atoms with Crippen LogP contribution in [0, 0.1) is 0 Å². The van der Waals surface area contributed by atoms with Crippen molar-refractivity contribution in [1.82, 2.24) is 0 Å². The number of aliphatic hydroxyl groups excluding tert-OH is 5. The third kappa shape index (κ3) is 14.3. The molecule has 2 rings (SSSR count). The number of esters is 1. The molecule has 2 fully saturated rings. The highest BCUT2D eigenvalue weighted by Crippen LogP contribution is 2.32. The number of ether oxygens (including phenoxy) is 2. The molecule has 6 N–H and O–H groups in total. The molecular weight excluding hydrogens is 564 g/mol. The summed E-state index contributed by atoms with van der Waals surface area (Å²) < 4.78 is 10.9. The van der Waals surface area contributed by atoms with Crippen molar-refractivity contribution in [3.05, 3.63) is 0 Å². The third-order valence-corrected chi connectivity index (χ3v) is 9.79. The van der Waals surface area contributed by atoms with Gasteiger partial charge in [0.25, 0.3) is 0 Å². The van der Waals surface area contributed by atoms with Crippen LogP contribution >= 0.6 is 0 Å². The minimum absolute atomic E-state index is 0.171. The molecule has 0 aliphatic carbocycles.